The first-order valence-electron chi connectivity index (χ1n) is 10.9. The zero-order valence-corrected chi connectivity index (χ0v) is 19.2. The summed E-state index contributed by atoms with van der Waals surface area (Å²) >= 11 is 12.1. The largest absolute Gasteiger partial charge is 0.371 e. The Hall–Kier alpha value is -2.09. The number of aromatic nitrogens is 2. The van der Waals surface area contributed by atoms with Crippen molar-refractivity contribution >= 4 is 46.3 Å². The minimum Gasteiger partial charge on any atom is -0.371 e. The van der Waals surface area contributed by atoms with Gasteiger partial charge in [0.1, 0.15) is 5.02 Å². The van der Waals surface area contributed by atoms with Crippen molar-refractivity contribution in [3.8, 4) is 0 Å². The van der Waals surface area contributed by atoms with Gasteiger partial charge in [0, 0.05) is 31.9 Å². The van der Waals surface area contributed by atoms with Gasteiger partial charge in [-0.3, -0.25) is 4.79 Å². The molecule has 3 heterocycles. The highest BCUT2D eigenvalue weighted by atomic mass is 35.5. The van der Waals surface area contributed by atoms with E-state index in [1.165, 1.54) is 38.5 Å². The van der Waals surface area contributed by atoms with Crippen molar-refractivity contribution in [3.05, 3.63) is 40.3 Å². The number of carbonyl (C=O) groups is 1. The third kappa shape index (κ3) is 5.22. The molecule has 1 amide bonds. The number of anilines is 3. The summed E-state index contributed by atoms with van der Waals surface area (Å²) in [6, 6.07) is 6.54. The van der Waals surface area contributed by atoms with Crippen LogP contribution in [0, 0.1) is 0 Å². The molecule has 2 aliphatic rings. The van der Waals surface area contributed by atoms with Crippen LogP contribution >= 0.6 is 23.2 Å². The number of carbonyl (C=O) groups excluding carboxylic acids is 1. The summed E-state index contributed by atoms with van der Waals surface area (Å²) in [5, 5.41) is 6.26. The molecule has 2 N–H and O–H groups in total. The second kappa shape index (κ2) is 10.0. The summed E-state index contributed by atoms with van der Waals surface area (Å²) in [4.78, 5) is 25.6. The maximum atomic E-state index is 12.6. The van der Waals surface area contributed by atoms with Gasteiger partial charge >= 0.3 is 0 Å². The second-order valence-corrected chi connectivity index (χ2v) is 8.83. The maximum Gasteiger partial charge on any atom is 0.253 e. The zero-order chi connectivity index (χ0) is 21.8. The topological polar surface area (TPSA) is 73.4 Å². The molecular weight excluding hydrogens is 435 g/mol. The molecule has 2 aliphatic heterocycles. The number of hydrogen-bond donors (Lipinski definition) is 2. The van der Waals surface area contributed by atoms with Crippen LogP contribution in [0.4, 0.5) is 17.2 Å². The molecule has 9 heteroatoms. The third-order valence-electron chi connectivity index (χ3n) is 6.18. The highest BCUT2D eigenvalue weighted by Crippen LogP contribution is 2.31. The molecule has 0 aliphatic carbocycles. The second-order valence-electron chi connectivity index (χ2n) is 8.08. The van der Waals surface area contributed by atoms with Crippen molar-refractivity contribution in [2.75, 3.05) is 43.4 Å². The Morgan fingerprint density at radius 1 is 1.10 bits per heavy atom. The number of hydrogen-bond acceptors (Lipinski definition) is 6. The highest BCUT2D eigenvalue weighted by Gasteiger charge is 2.26. The molecule has 1 aromatic heterocycles. The molecule has 0 unspecified atom stereocenters. The van der Waals surface area contributed by atoms with E-state index < -0.39 is 0 Å². The van der Waals surface area contributed by atoms with E-state index >= 15 is 0 Å². The molecular formula is C22H28Cl2N6O. The lowest BCUT2D eigenvalue weighted by molar-refractivity contribution is 0.0964. The number of amides is 1. The molecule has 0 atom stereocenters. The summed E-state index contributed by atoms with van der Waals surface area (Å²) in [6.45, 7) is 4.46. The lowest BCUT2D eigenvalue weighted by Gasteiger charge is -2.41. The van der Waals surface area contributed by atoms with Crippen LogP contribution in [0.2, 0.25) is 10.3 Å². The molecule has 0 bridgehead atoms. The SMILES string of the molecule is CNC(=O)c1cc(N2CCC(N3CCCCC3)CC2)ccc1Nc1nc(Cl)ncc1Cl. The van der Waals surface area contributed by atoms with Crippen molar-refractivity contribution in [1.82, 2.24) is 20.2 Å². The molecule has 1 aromatic carbocycles. The predicted octanol–water partition coefficient (Wildman–Crippen LogP) is 4.34. The van der Waals surface area contributed by atoms with E-state index in [-0.39, 0.29) is 11.2 Å². The normalized spacial score (nSPS) is 18.1. The van der Waals surface area contributed by atoms with Gasteiger partial charge in [0.25, 0.3) is 5.91 Å². The Kier molecular flexibility index (Phi) is 7.15. The fraction of sp³-hybridized carbons (Fsp3) is 0.500. The molecule has 31 heavy (non-hydrogen) atoms. The van der Waals surface area contributed by atoms with E-state index in [1.807, 2.05) is 18.2 Å². The van der Waals surface area contributed by atoms with Gasteiger partial charge in [-0.2, -0.15) is 4.98 Å². The first kappa shape index (κ1) is 22.1. The number of piperidine rings is 2. The molecule has 0 spiro atoms. The van der Waals surface area contributed by atoms with Crippen molar-refractivity contribution in [2.45, 2.75) is 38.1 Å². The number of nitrogens with zero attached hydrogens (tertiary/aromatic N) is 4. The first-order valence-corrected chi connectivity index (χ1v) is 11.6. The summed E-state index contributed by atoms with van der Waals surface area (Å²) in [7, 11) is 1.62. The van der Waals surface area contributed by atoms with Crippen molar-refractivity contribution < 1.29 is 4.79 Å². The summed E-state index contributed by atoms with van der Waals surface area (Å²) in [5.41, 5.74) is 2.19. The lowest BCUT2D eigenvalue weighted by atomic mass is 9.99. The van der Waals surface area contributed by atoms with E-state index in [2.05, 4.69) is 30.4 Å². The Balaban J connectivity index is 1.50. The van der Waals surface area contributed by atoms with Crippen LogP contribution in [-0.2, 0) is 0 Å². The van der Waals surface area contributed by atoms with Crippen LogP contribution in [0.1, 0.15) is 42.5 Å². The molecule has 7 nitrogen and oxygen atoms in total. The summed E-state index contributed by atoms with van der Waals surface area (Å²) in [5.74, 6) is 0.186. The molecule has 4 rings (SSSR count). The minimum absolute atomic E-state index is 0.0848. The average Bonchev–Trinajstić information content (AvgIpc) is 2.82. The van der Waals surface area contributed by atoms with E-state index in [1.54, 1.807) is 7.05 Å². The Morgan fingerprint density at radius 2 is 1.84 bits per heavy atom. The Bertz CT molecular complexity index is 926. The van der Waals surface area contributed by atoms with Gasteiger partial charge in [0.2, 0.25) is 5.28 Å². The van der Waals surface area contributed by atoms with Crippen molar-refractivity contribution in [3.63, 3.8) is 0 Å². The van der Waals surface area contributed by atoms with Crippen molar-refractivity contribution in [2.24, 2.45) is 0 Å². The Morgan fingerprint density at radius 3 is 2.55 bits per heavy atom. The Labute approximate surface area is 193 Å². The molecule has 0 saturated carbocycles. The molecule has 2 aromatic rings. The molecule has 2 fully saturated rings. The van der Waals surface area contributed by atoms with Crippen LogP contribution in [0.15, 0.2) is 24.4 Å². The summed E-state index contributed by atoms with van der Waals surface area (Å²) < 4.78 is 0. The van der Waals surface area contributed by atoms with E-state index in [9.17, 15) is 4.79 Å². The van der Waals surface area contributed by atoms with Crippen LogP contribution < -0.4 is 15.5 Å². The number of nitrogens with one attached hydrogen (secondary N) is 2. The lowest BCUT2D eigenvalue weighted by Crippen LogP contribution is -2.46. The van der Waals surface area contributed by atoms with Gasteiger partial charge in [-0.15, -0.1) is 0 Å². The van der Waals surface area contributed by atoms with Gasteiger partial charge in [0.15, 0.2) is 5.82 Å². The fourth-order valence-corrected chi connectivity index (χ4v) is 4.77. The number of likely N-dealkylation sites (tertiary alicyclic amines) is 1. The van der Waals surface area contributed by atoms with Crippen LogP contribution in [0.5, 0.6) is 0 Å². The monoisotopic (exact) mass is 462 g/mol. The van der Waals surface area contributed by atoms with Gasteiger partial charge in [-0.25, -0.2) is 4.98 Å². The number of rotatable bonds is 5. The highest BCUT2D eigenvalue weighted by molar-refractivity contribution is 6.33. The van der Waals surface area contributed by atoms with Crippen LogP contribution in [-0.4, -0.2) is 60.0 Å². The van der Waals surface area contributed by atoms with E-state index in [0.717, 1.165) is 31.6 Å². The smallest absolute Gasteiger partial charge is 0.253 e. The van der Waals surface area contributed by atoms with Crippen LogP contribution in [0.3, 0.4) is 0 Å². The van der Waals surface area contributed by atoms with Gasteiger partial charge < -0.3 is 20.4 Å². The minimum atomic E-state index is -0.177. The maximum absolute atomic E-state index is 12.6. The van der Waals surface area contributed by atoms with Crippen LogP contribution in [0.25, 0.3) is 0 Å². The van der Waals surface area contributed by atoms with Gasteiger partial charge in [0.05, 0.1) is 17.4 Å². The summed E-state index contributed by atoms with van der Waals surface area (Å²) in [6.07, 6.45) is 7.76. The zero-order valence-electron chi connectivity index (χ0n) is 17.7. The van der Waals surface area contributed by atoms with Gasteiger partial charge in [-0.1, -0.05) is 18.0 Å². The standard InChI is InChI=1S/C22H28Cl2N6O/c1-25-21(31)17-13-16(5-6-19(17)27-20-18(23)14-26-22(24)28-20)30-11-7-15(8-12-30)29-9-3-2-4-10-29/h5-6,13-15H,2-4,7-12H2,1H3,(H,25,31)(H,26,27,28). The van der Waals surface area contributed by atoms with Gasteiger partial charge in [-0.05, 0) is 68.6 Å². The predicted molar refractivity (Wildman–Crippen MR) is 126 cm³/mol. The van der Waals surface area contributed by atoms with E-state index in [0.29, 0.717) is 28.1 Å². The molecule has 0 radical (unpaired) electrons. The van der Waals surface area contributed by atoms with Crippen molar-refractivity contribution in [1.29, 1.82) is 0 Å². The number of halogens is 2. The quantitative estimate of drug-likeness (QED) is 0.643. The third-order valence-corrected chi connectivity index (χ3v) is 6.64. The molecule has 2 saturated heterocycles. The fourth-order valence-electron chi connectivity index (χ4n) is 4.49. The van der Waals surface area contributed by atoms with E-state index in [4.69, 9.17) is 23.2 Å². The average molecular weight is 463 g/mol. The first-order chi connectivity index (χ1) is 15.0. The molecule has 166 valence electrons. The number of benzene rings is 1.